The van der Waals surface area contributed by atoms with Gasteiger partial charge in [-0.3, -0.25) is 11.3 Å². The number of rotatable bonds is 4. The van der Waals surface area contributed by atoms with Gasteiger partial charge in [-0.05, 0) is 17.7 Å². The van der Waals surface area contributed by atoms with Crippen molar-refractivity contribution in [2.24, 2.45) is 5.84 Å². The predicted octanol–water partition coefficient (Wildman–Crippen LogP) is 1.94. The Morgan fingerprint density at radius 2 is 2.31 bits per heavy atom. The van der Waals surface area contributed by atoms with Crippen molar-refractivity contribution in [3.8, 4) is 0 Å². The van der Waals surface area contributed by atoms with E-state index in [-0.39, 0.29) is 6.04 Å². The molecule has 16 heavy (non-hydrogen) atoms. The number of nitrogens with zero attached hydrogens (tertiary/aromatic N) is 2. The molecule has 2 rings (SSSR count). The molecular formula is C10H11ClN4S. The van der Waals surface area contributed by atoms with Gasteiger partial charge in [-0.15, -0.1) is 11.3 Å². The van der Waals surface area contributed by atoms with Gasteiger partial charge in [0, 0.05) is 24.2 Å². The maximum absolute atomic E-state index is 5.84. The summed E-state index contributed by atoms with van der Waals surface area (Å²) in [6, 6.07) is 3.70. The molecule has 0 saturated carbocycles. The van der Waals surface area contributed by atoms with Crippen molar-refractivity contribution in [1.82, 2.24) is 15.4 Å². The molecule has 2 heterocycles. The van der Waals surface area contributed by atoms with E-state index in [1.54, 1.807) is 29.8 Å². The number of halogens is 1. The Balaban J connectivity index is 2.16. The smallest absolute Gasteiger partial charge is 0.129 e. The normalized spacial score (nSPS) is 12.6. The molecule has 0 fully saturated rings. The molecule has 3 N–H and O–H groups in total. The largest absolute Gasteiger partial charge is 0.271 e. The van der Waals surface area contributed by atoms with E-state index in [1.807, 2.05) is 11.4 Å². The van der Waals surface area contributed by atoms with Crippen molar-refractivity contribution in [3.05, 3.63) is 45.6 Å². The molecule has 0 bridgehead atoms. The van der Waals surface area contributed by atoms with Gasteiger partial charge in [-0.25, -0.2) is 9.97 Å². The standard InChI is InChI=1S/C10H11ClN4S/c11-9-5-7(1-2-13-9)8(15-12)6-10-14-3-4-16-10/h1-5,8,15H,6,12H2. The van der Waals surface area contributed by atoms with E-state index in [0.29, 0.717) is 5.15 Å². The number of pyridine rings is 1. The number of aromatic nitrogens is 2. The summed E-state index contributed by atoms with van der Waals surface area (Å²) < 4.78 is 0. The van der Waals surface area contributed by atoms with E-state index in [2.05, 4.69) is 15.4 Å². The highest BCUT2D eigenvalue weighted by Gasteiger charge is 2.12. The van der Waals surface area contributed by atoms with Gasteiger partial charge in [0.1, 0.15) is 5.15 Å². The SMILES string of the molecule is NNC(Cc1nccs1)c1ccnc(Cl)c1. The zero-order chi connectivity index (χ0) is 11.4. The lowest BCUT2D eigenvalue weighted by molar-refractivity contribution is 0.550. The van der Waals surface area contributed by atoms with Crippen LogP contribution in [0.25, 0.3) is 0 Å². The quantitative estimate of drug-likeness (QED) is 0.497. The third kappa shape index (κ3) is 2.76. The number of hydrazine groups is 1. The van der Waals surface area contributed by atoms with Crippen LogP contribution in [0, 0.1) is 0 Å². The molecule has 0 saturated heterocycles. The number of nitrogens with one attached hydrogen (secondary N) is 1. The fourth-order valence-corrected chi connectivity index (χ4v) is 2.28. The van der Waals surface area contributed by atoms with Crippen LogP contribution in [0.4, 0.5) is 0 Å². The van der Waals surface area contributed by atoms with Crippen molar-refractivity contribution >= 4 is 22.9 Å². The number of thiazole rings is 1. The first-order valence-corrected chi connectivity index (χ1v) is 6.01. The Labute approximate surface area is 102 Å². The Bertz CT molecular complexity index is 446. The molecule has 6 heteroatoms. The van der Waals surface area contributed by atoms with Crippen LogP contribution in [-0.2, 0) is 6.42 Å². The van der Waals surface area contributed by atoms with Crippen LogP contribution in [-0.4, -0.2) is 9.97 Å². The Hall–Kier alpha value is -1.01. The lowest BCUT2D eigenvalue weighted by atomic mass is 10.1. The topological polar surface area (TPSA) is 63.8 Å². The zero-order valence-corrected chi connectivity index (χ0v) is 10.0. The van der Waals surface area contributed by atoms with Gasteiger partial charge in [0.15, 0.2) is 0 Å². The van der Waals surface area contributed by atoms with Crippen LogP contribution in [0.15, 0.2) is 29.9 Å². The second kappa shape index (κ2) is 5.36. The lowest BCUT2D eigenvalue weighted by Crippen LogP contribution is -2.29. The van der Waals surface area contributed by atoms with Crippen molar-refractivity contribution in [2.75, 3.05) is 0 Å². The monoisotopic (exact) mass is 254 g/mol. The first-order valence-electron chi connectivity index (χ1n) is 4.75. The third-order valence-corrected chi connectivity index (χ3v) is 3.23. The average Bonchev–Trinajstić information content (AvgIpc) is 2.78. The van der Waals surface area contributed by atoms with Crippen molar-refractivity contribution < 1.29 is 0 Å². The molecule has 0 spiro atoms. The van der Waals surface area contributed by atoms with Crippen LogP contribution in [0.2, 0.25) is 5.15 Å². The maximum Gasteiger partial charge on any atom is 0.129 e. The number of hydrogen-bond donors (Lipinski definition) is 2. The van der Waals surface area contributed by atoms with E-state index in [4.69, 9.17) is 17.4 Å². The van der Waals surface area contributed by atoms with E-state index < -0.39 is 0 Å². The molecule has 0 aliphatic heterocycles. The van der Waals surface area contributed by atoms with Crippen molar-refractivity contribution in [1.29, 1.82) is 0 Å². The number of nitrogens with two attached hydrogens (primary N) is 1. The van der Waals surface area contributed by atoms with E-state index in [1.165, 1.54) is 0 Å². The van der Waals surface area contributed by atoms with Crippen molar-refractivity contribution in [3.63, 3.8) is 0 Å². The second-order valence-corrected chi connectivity index (χ2v) is 4.63. The van der Waals surface area contributed by atoms with Gasteiger partial charge >= 0.3 is 0 Å². The maximum atomic E-state index is 5.84. The van der Waals surface area contributed by atoms with Gasteiger partial charge in [-0.2, -0.15) is 0 Å². The molecular weight excluding hydrogens is 244 g/mol. The molecule has 0 aliphatic carbocycles. The Morgan fingerprint density at radius 3 is 2.94 bits per heavy atom. The number of hydrogen-bond acceptors (Lipinski definition) is 5. The van der Waals surface area contributed by atoms with Gasteiger partial charge in [0.2, 0.25) is 0 Å². The van der Waals surface area contributed by atoms with Crippen LogP contribution in [0.3, 0.4) is 0 Å². The van der Waals surface area contributed by atoms with Gasteiger partial charge in [0.25, 0.3) is 0 Å². The van der Waals surface area contributed by atoms with Gasteiger partial charge in [0.05, 0.1) is 11.0 Å². The second-order valence-electron chi connectivity index (χ2n) is 3.26. The van der Waals surface area contributed by atoms with E-state index in [9.17, 15) is 0 Å². The molecule has 0 aliphatic rings. The minimum Gasteiger partial charge on any atom is -0.271 e. The summed E-state index contributed by atoms with van der Waals surface area (Å²) in [6.45, 7) is 0. The van der Waals surface area contributed by atoms with Crippen LogP contribution in [0.1, 0.15) is 16.6 Å². The Morgan fingerprint density at radius 1 is 1.44 bits per heavy atom. The summed E-state index contributed by atoms with van der Waals surface area (Å²) in [7, 11) is 0. The highest BCUT2D eigenvalue weighted by molar-refractivity contribution is 7.09. The first kappa shape index (κ1) is 11.5. The lowest BCUT2D eigenvalue weighted by Gasteiger charge is -2.14. The molecule has 1 atom stereocenters. The molecule has 2 aromatic heterocycles. The van der Waals surface area contributed by atoms with E-state index >= 15 is 0 Å². The fourth-order valence-electron chi connectivity index (χ4n) is 1.44. The highest BCUT2D eigenvalue weighted by atomic mass is 35.5. The van der Waals surface area contributed by atoms with Crippen molar-refractivity contribution in [2.45, 2.75) is 12.5 Å². The molecule has 0 radical (unpaired) electrons. The van der Waals surface area contributed by atoms with E-state index in [0.717, 1.165) is 17.0 Å². The fraction of sp³-hybridized carbons (Fsp3) is 0.200. The summed E-state index contributed by atoms with van der Waals surface area (Å²) in [4.78, 5) is 8.16. The van der Waals surface area contributed by atoms with Gasteiger partial charge < -0.3 is 0 Å². The third-order valence-electron chi connectivity index (χ3n) is 2.22. The summed E-state index contributed by atoms with van der Waals surface area (Å²) >= 11 is 7.45. The summed E-state index contributed by atoms with van der Waals surface area (Å²) in [6.07, 6.45) is 4.20. The van der Waals surface area contributed by atoms with Gasteiger partial charge in [-0.1, -0.05) is 11.6 Å². The molecule has 1 unspecified atom stereocenters. The predicted molar refractivity (Wildman–Crippen MR) is 65.1 cm³/mol. The highest BCUT2D eigenvalue weighted by Crippen LogP contribution is 2.20. The summed E-state index contributed by atoms with van der Waals surface area (Å²) in [5.74, 6) is 5.53. The molecule has 4 nitrogen and oxygen atoms in total. The van der Waals surface area contributed by atoms with Crippen LogP contribution < -0.4 is 11.3 Å². The summed E-state index contributed by atoms with van der Waals surface area (Å²) in [5.41, 5.74) is 3.78. The molecule has 84 valence electrons. The molecule has 2 aromatic rings. The molecule has 0 amide bonds. The summed E-state index contributed by atoms with van der Waals surface area (Å²) in [5, 5.41) is 3.45. The molecule has 0 aromatic carbocycles. The minimum atomic E-state index is 0.00616. The zero-order valence-electron chi connectivity index (χ0n) is 8.43. The Kier molecular flexibility index (Phi) is 3.84. The first-order chi connectivity index (χ1) is 7.79. The van der Waals surface area contributed by atoms with Crippen LogP contribution >= 0.6 is 22.9 Å². The van der Waals surface area contributed by atoms with Crippen LogP contribution in [0.5, 0.6) is 0 Å². The minimum absolute atomic E-state index is 0.00616. The average molecular weight is 255 g/mol.